The van der Waals surface area contributed by atoms with Gasteiger partial charge in [-0.15, -0.1) is 0 Å². The summed E-state index contributed by atoms with van der Waals surface area (Å²) in [7, 11) is 1.73. The average Bonchev–Trinajstić information content (AvgIpc) is 2.93. The van der Waals surface area contributed by atoms with E-state index in [1.165, 1.54) is 0 Å². The lowest BCUT2D eigenvalue weighted by Crippen LogP contribution is -2.49. The predicted molar refractivity (Wildman–Crippen MR) is 73.5 cm³/mol. The van der Waals surface area contributed by atoms with Crippen molar-refractivity contribution in [3.8, 4) is 0 Å². The van der Waals surface area contributed by atoms with E-state index in [9.17, 15) is 9.90 Å². The molecule has 1 N–H and O–H groups in total. The second kappa shape index (κ2) is 3.81. The van der Waals surface area contributed by atoms with Crippen molar-refractivity contribution < 1.29 is 24.1 Å². The second-order valence-corrected chi connectivity index (χ2v) is 7.67. The number of ether oxygens (including phenoxy) is 3. The minimum absolute atomic E-state index is 0.0584. The molecule has 0 amide bonds. The van der Waals surface area contributed by atoms with Crippen LogP contribution < -0.4 is 0 Å². The van der Waals surface area contributed by atoms with Gasteiger partial charge in [0.1, 0.15) is 17.3 Å². The Hall–Kier alpha value is -0.650. The van der Waals surface area contributed by atoms with Crippen molar-refractivity contribution in [2.75, 3.05) is 7.11 Å². The molecule has 21 heavy (non-hydrogen) atoms. The Kier molecular flexibility index (Phi) is 2.54. The van der Waals surface area contributed by atoms with Crippen LogP contribution in [0, 0.1) is 17.8 Å². The first kappa shape index (κ1) is 14.0. The third kappa shape index (κ3) is 1.36. The molecule has 0 radical (unpaired) electrons. The molecule has 0 aromatic heterocycles. The Bertz CT molecular complexity index is 507. The zero-order valence-electron chi connectivity index (χ0n) is 13.1. The molecule has 0 aromatic carbocycles. The molecule has 0 aromatic rings. The lowest BCUT2D eigenvalue weighted by molar-refractivity contribution is -0.150. The van der Waals surface area contributed by atoms with E-state index in [1.807, 2.05) is 13.8 Å². The van der Waals surface area contributed by atoms with Crippen molar-refractivity contribution in [3.05, 3.63) is 0 Å². The van der Waals surface area contributed by atoms with Crippen molar-refractivity contribution in [2.45, 2.75) is 69.0 Å². The molecule has 2 aliphatic heterocycles. The molecular weight excluding hydrogens is 272 g/mol. The van der Waals surface area contributed by atoms with Gasteiger partial charge in [-0.05, 0) is 33.1 Å². The monoisotopic (exact) mass is 296 g/mol. The summed E-state index contributed by atoms with van der Waals surface area (Å²) in [6, 6.07) is 0. The molecule has 4 fully saturated rings. The number of rotatable bonds is 1. The number of hydrogen-bond acceptors (Lipinski definition) is 5. The molecule has 0 bridgehead atoms. The summed E-state index contributed by atoms with van der Waals surface area (Å²) in [5.41, 5.74) is -1.51. The zero-order chi connectivity index (χ0) is 15.2. The maximum Gasteiger partial charge on any atom is 0.309 e. The lowest BCUT2D eigenvalue weighted by atomic mass is 9.75. The van der Waals surface area contributed by atoms with E-state index < -0.39 is 17.3 Å². The molecule has 1 spiro atoms. The first-order valence-corrected chi connectivity index (χ1v) is 7.94. The highest BCUT2D eigenvalue weighted by atomic mass is 16.7. The fraction of sp³-hybridized carbons (Fsp3) is 0.938. The molecule has 0 unspecified atom stereocenters. The summed E-state index contributed by atoms with van der Waals surface area (Å²) in [5.74, 6) is -0.0130. The molecule has 8 atom stereocenters. The molecule has 118 valence electrons. The van der Waals surface area contributed by atoms with Gasteiger partial charge in [-0.25, -0.2) is 0 Å². The first-order chi connectivity index (χ1) is 9.80. The summed E-state index contributed by atoms with van der Waals surface area (Å²) >= 11 is 0. The van der Waals surface area contributed by atoms with E-state index in [2.05, 4.69) is 6.92 Å². The minimum atomic E-state index is -0.602. The van der Waals surface area contributed by atoms with Gasteiger partial charge in [-0.2, -0.15) is 0 Å². The standard InChI is InChI=1S/C16H24O5/c1-8-9-5-6-14(2,19-4)10-7-11(17)15(3)16(10,21-15)12(9)20-13(8)18/h8-12,17H,5-7H2,1-4H3/t8-,9+,10+,11+,12-,14-,15+,16+/m1/s1. The molecule has 2 saturated carbocycles. The molecule has 2 heterocycles. The highest BCUT2D eigenvalue weighted by Crippen LogP contribution is 2.71. The largest absolute Gasteiger partial charge is 0.459 e. The Morgan fingerprint density at radius 1 is 1.38 bits per heavy atom. The van der Waals surface area contributed by atoms with E-state index in [-0.39, 0.29) is 35.4 Å². The summed E-state index contributed by atoms with van der Waals surface area (Å²) in [6.07, 6.45) is 1.64. The third-order valence-corrected chi connectivity index (χ3v) is 6.97. The maximum atomic E-state index is 12.0. The number of aliphatic hydroxyl groups excluding tert-OH is 1. The van der Waals surface area contributed by atoms with E-state index in [1.54, 1.807) is 7.11 Å². The van der Waals surface area contributed by atoms with Crippen LogP contribution >= 0.6 is 0 Å². The van der Waals surface area contributed by atoms with Gasteiger partial charge in [0, 0.05) is 18.9 Å². The molecule has 5 nitrogen and oxygen atoms in total. The van der Waals surface area contributed by atoms with Crippen LogP contribution in [0.4, 0.5) is 0 Å². The number of carbonyl (C=O) groups is 1. The average molecular weight is 296 g/mol. The Morgan fingerprint density at radius 3 is 2.71 bits per heavy atom. The number of aliphatic hydroxyl groups is 1. The third-order valence-electron chi connectivity index (χ3n) is 6.97. The maximum absolute atomic E-state index is 12.0. The van der Waals surface area contributed by atoms with E-state index >= 15 is 0 Å². The second-order valence-electron chi connectivity index (χ2n) is 7.67. The summed E-state index contributed by atoms with van der Waals surface area (Å²) in [6.45, 7) is 6.00. The van der Waals surface area contributed by atoms with Gasteiger partial charge in [-0.3, -0.25) is 4.79 Å². The predicted octanol–water partition coefficient (Wildman–Crippen LogP) is 1.27. The molecule has 2 aliphatic carbocycles. The highest BCUT2D eigenvalue weighted by molar-refractivity contribution is 5.75. The van der Waals surface area contributed by atoms with Crippen molar-refractivity contribution in [1.82, 2.24) is 0 Å². The number of fused-ring (bicyclic) bond motifs is 1. The summed E-state index contributed by atoms with van der Waals surface area (Å²) in [4.78, 5) is 12.0. The fourth-order valence-electron chi connectivity index (χ4n) is 5.37. The minimum Gasteiger partial charge on any atom is -0.459 e. The van der Waals surface area contributed by atoms with Crippen molar-refractivity contribution in [1.29, 1.82) is 0 Å². The van der Waals surface area contributed by atoms with E-state index in [0.29, 0.717) is 6.42 Å². The van der Waals surface area contributed by atoms with Gasteiger partial charge < -0.3 is 19.3 Å². The van der Waals surface area contributed by atoms with E-state index in [4.69, 9.17) is 14.2 Å². The summed E-state index contributed by atoms with van der Waals surface area (Å²) < 4.78 is 17.7. The SMILES string of the molecule is CO[C@]1(C)CC[C@@H]2[C@@H](OC(=O)[C@@H]2C)[C@]23O[C@@]2(C)[C@@H](O)C[C@H]31. The van der Waals surface area contributed by atoms with E-state index in [0.717, 1.165) is 12.8 Å². The van der Waals surface area contributed by atoms with Gasteiger partial charge in [0.25, 0.3) is 0 Å². The van der Waals surface area contributed by atoms with Crippen molar-refractivity contribution in [2.24, 2.45) is 17.8 Å². The molecular formula is C16H24O5. The number of methoxy groups -OCH3 is 1. The van der Waals surface area contributed by atoms with Crippen LogP contribution in [0.1, 0.15) is 40.0 Å². The molecule has 4 aliphatic rings. The number of epoxide rings is 1. The fourth-order valence-corrected chi connectivity index (χ4v) is 5.37. The quantitative estimate of drug-likeness (QED) is 0.583. The molecule has 2 saturated heterocycles. The van der Waals surface area contributed by atoms with Crippen LogP contribution in [0.5, 0.6) is 0 Å². The van der Waals surface area contributed by atoms with Crippen LogP contribution in [-0.4, -0.2) is 47.2 Å². The van der Waals surface area contributed by atoms with Crippen LogP contribution in [0.3, 0.4) is 0 Å². The molecule has 5 heteroatoms. The Balaban J connectivity index is 1.83. The van der Waals surface area contributed by atoms with Crippen LogP contribution in [0.25, 0.3) is 0 Å². The Labute approximate surface area is 124 Å². The van der Waals surface area contributed by atoms with Gasteiger partial charge >= 0.3 is 5.97 Å². The summed E-state index contributed by atoms with van der Waals surface area (Å²) in [5, 5.41) is 10.5. The van der Waals surface area contributed by atoms with Crippen LogP contribution in [0.15, 0.2) is 0 Å². The number of hydrogen-bond donors (Lipinski definition) is 1. The smallest absolute Gasteiger partial charge is 0.309 e. The van der Waals surface area contributed by atoms with Gasteiger partial charge in [-0.1, -0.05) is 6.92 Å². The topological polar surface area (TPSA) is 68.3 Å². The van der Waals surface area contributed by atoms with Crippen LogP contribution in [-0.2, 0) is 19.0 Å². The van der Waals surface area contributed by atoms with Gasteiger partial charge in [0.15, 0.2) is 0 Å². The number of esters is 1. The highest BCUT2D eigenvalue weighted by Gasteiger charge is 2.86. The van der Waals surface area contributed by atoms with Crippen LogP contribution in [0.2, 0.25) is 0 Å². The zero-order valence-corrected chi connectivity index (χ0v) is 13.1. The van der Waals surface area contributed by atoms with Crippen molar-refractivity contribution in [3.63, 3.8) is 0 Å². The number of carbonyl (C=O) groups excluding carboxylic acids is 1. The first-order valence-electron chi connectivity index (χ1n) is 7.94. The normalized spacial score (nSPS) is 61.6. The van der Waals surface area contributed by atoms with Gasteiger partial charge in [0.05, 0.1) is 17.6 Å². The molecule has 4 rings (SSSR count). The lowest BCUT2D eigenvalue weighted by Gasteiger charge is -2.37. The van der Waals surface area contributed by atoms with Gasteiger partial charge in [0.2, 0.25) is 0 Å². The van der Waals surface area contributed by atoms with Crippen molar-refractivity contribution >= 4 is 5.97 Å². The Morgan fingerprint density at radius 2 is 2.10 bits per heavy atom.